The van der Waals surface area contributed by atoms with Crippen molar-refractivity contribution in [1.82, 2.24) is 16.0 Å². The van der Waals surface area contributed by atoms with Gasteiger partial charge in [-0.1, -0.05) is 0 Å². The third-order valence-corrected chi connectivity index (χ3v) is 7.21. The van der Waals surface area contributed by atoms with Crippen molar-refractivity contribution in [3.05, 3.63) is 0 Å². The lowest BCUT2D eigenvalue weighted by atomic mass is 9.82. The van der Waals surface area contributed by atoms with Crippen molar-refractivity contribution in [3.63, 3.8) is 0 Å². The molecule has 1 saturated heterocycles. The largest absolute Gasteiger partial charge is 0.355 e. The van der Waals surface area contributed by atoms with E-state index in [-0.39, 0.29) is 40.1 Å². The molecule has 1 aliphatic rings. The van der Waals surface area contributed by atoms with E-state index < -0.39 is 5.41 Å². The molecule has 0 radical (unpaired) electrons. The lowest BCUT2D eigenvalue weighted by Crippen LogP contribution is -2.49. The van der Waals surface area contributed by atoms with Crippen LogP contribution in [0.25, 0.3) is 0 Å². The van der Waals surface area contributed by atoms with E-state index in [1.807, 2.05) is 12.5 Å². The second-order valence-corrected chi connectivity index (χ2v) is 10.8. The van der Waals surface area contributed by atoms with Crippen molar-refractivity contribution < 1.29 is 9.59 Å². The minimum atomic E-state index is -0.623. The average molecular weight is 412 g/mol. The number of halogens is 1. The Hall–Kier alpha value is -0.110. The number of hydrogen-bond acceptors (Lipinski definition) is 5. The van der Waals surface area contributed by atoms with Crippen LogP contribution in [-0.2, 0) is 9.59 Å². The first kappa shape index (κ1) is 24.9. The fraction of sp³-hybridized carbons (Fsp3) is 0.882. The maximum Gasteiger partial charge on any atom is 0.228 e. The van der Waals surface area contributed by atoms with Gasteiger partial charge in [0, 0.05) is 35.5 Å². The van der Waals surface area contributed by atoms with Crippen LogP contribution in [0.3, 0.4) is 0 Å². The monoisotopic (exact) mass is 411 g/mol. The van der Waals surface area contributed by atoms with Crippen molar-refractivity contribution in [2.24, 2.45) is 5.41 Å². The first-order valence-corrected chi connectivity index (χ1v) is 10.9. The molecule has 1 heterocycles. The molecule has 0 spiro atoms. The molecule has 3 N–H and O–H groups in total. The van der Waals surface area contributed by atoms with Gasteiger partial charge in [-0.2, -0.15) is 23.5 Å². The van der Waals surface area contributed by atoms with Crippen LogP contribution in [0.1, 0.15) is 40.5 Å². The molecule has 8 heteroatoms. The number of hydrogen-bond donors (Lipinski definition) is 3. The van der Waals surface area contributed by atoms with Crippen LogP contribution >= 0.6 is 35.9 Å². The van der Waals surface area contributed by atoms with Gasteiger partial charge < -0.3 is 16.0 Å². The summed E-state index contributed by atoms with van der Waals surface area (Å²) in [6.07, 6.45) is 5.03. The first-order chi connectivity index (χ1) is 11.1. The molecule has 2 amide bonds. The topological polar surface area (TPSA) is 70.2 Å². The van der Waals surface area contributed by atoms with Crippen LogP contribution in [0.4, 0.5) is 0 Å². The second kappa shape index (κ2) is 10.3. The zero-order valence-electron chi connectivity index (χ0n) is 16.3. The Morgan fingerprint density at radius 1 is 1.04 bits per heavy atom. The van der Waals surface area contributed by atoms with Crippen molar-refractivity contribution in [3.8, 4) is 0 Å². The van der Waals surface area contributed by atoms with Crippen LogP contribution in [0.2, 0.25) is 0 Å². The molecule has 148 valence electrons. The molecule has 5 nitrogen and oxygen atoms in total. The Morgan fingerprint density at radius 2 is 1.56 bits per heavy atom. The Morgan fingerprint density at radius 3 is 2.00 bits per heavy atom. The van der Waals surface area contributed by atoms with Gasteiger partial charge in [0.1, 0.15) is 0 Å². The highest BCUT2D eigenvalue weighted by molar-refractivity contribution is 8.00. The molecule has 1 rings (SSSR count). The number of nitrogens with one attached hydrogen (secondary N) is 3. The minimum absolute atomic E-state index is 0. The fourth-order valence-corrected chi connectivity index (χ4v) is 2.91. The lowest BCUT2D eigenvalue weighted by molar-refractivity contribution is -0.135. The second-order valence-electron chi connectivity index (χ2n) is 7.77. The molecule has 0 aromatic rings. The number of amides is 2. The molecule has 0 aliphatic carbocycles. The zero-order chi connectivity index (χ0) is 18.4. The molecule has 1 aliphatic heterocycles. The number of carbonyl (C=O) groups excluding carboxylic acids is 2. The highest BCUT2D eigenvalue weighted by Gasteiger charge is 2.43. The van der Waals surface area contributed by atoms with Gasteiger partial charge in [0.05, 0.1) is 5.41 Å². The summed E-state index contributed by atoms with van der Waals surface area (Å²) >= 11 is 3.45. The van der Waals surface area contributed by atoms with Crippen LogP contribution < -0.4 is 16.0 Å². The van der Waals surface area contributed by atoms with Crippen molar-refractivity contribution in [2.75, 3.05) is 38.7 Å². The summed E-state index contributed by atoms with van der Waals surface area (Å²) in [7, 11) is 0. The maximum absolute atomic E-state index is 12.8. The van der Waals surface area contributed by atoms with Gasteiger partial charge in [0.25, 0.3) is 0 Å². The molecule has 0 aromatic heterocycles. The Bertz CT molecular complexity index is 453. The van der Waals surface area contributed by atoms with Gasteiger partial charge in [-0.25, -0.2) is 0 Å². The molecule has 0 aromatic carbocycles. The number of carbonyl (C=O) groups is 2. The SMILES string of the molecule is CSC(C)(C)CNC(=O)CC1(C(=O)NCC(C)(C)SC)CCNC1.Cl. The van der Waals surface area contributed by atoms with E-state index in [0.717, 1.165) is 6.54 Å². The van der Waals surface area contributed by atoms with E-state index in [1.54, 1.807) is 23.5 Å². The predicted octanol–water partition coefficient (Wildman–Crippen LogP) is 2.29. The van der Waals surface area contributed by atoms with Crippen LogP contribution in [-0.4, -0.2) is 60.0 Å². The highest BCUT2D eigenvalue weighted by Crippen LogP contribution is 2.31. The van der Waals surface area contributed by atoms with E-state index in [0.29, 0.717) is 26.1 Å². The molecule has 0 saturated carbocycles. The van der Waals surface area contributed by atoms with Crippen LogP contribution in [0.15, 0.2) is 0 Å². The van der Waals surface area contributed by atoms with Gasteiger partial charge in [0.15, 0.2) is 0 Å². The van der Waals surface area contributed by atoms with E-state index in [9.17, 15) is 9.59 Å². The number of rotatable bonds is 9. The molecular formula is C17H34ClN3O2S2. The van der Waals surface area contributed by atoms with Crippen LogP contribution in [0, 0.1) is 5.41 Å². The summed E-state index contributed by atoms with van der Waals surface area (Å²) in [6.45, 7) is 11.0. The smallest absolute Gasteiger partial charge is 0.228 e. The highest BCUT2D eigenvalue weighted by atomic mass is 35.5. The normalized spacial score (nSPS) is 20.7. The Balaban J connectivity index is 0.00000576. The maximum atomic E-state index is 12.8. The first-order valence-electron chi connectivity index (χ1n) is 8.42. The summed E-state index contributed by atoms with van der Waals surface area (Å²) in [5.41, 5.74) is -0.623. The summed E-state index contributed by atoms with van der Waals surface area (Å²) < 4.78 is -0.00506. The molecule has 25 heavy (non-hydrogen) atoms. The summed E-state index contributed by atoms with van der Waals surface area (Å²) in [6, 6.07) is 0. The summed E-state index contributed by atoms with van der Waals surface area (Å²) in [5.74, 6) is -0.0472. The van der Waals surface area contributed by atoms with Gasteiger partial charge in [-0.05, 0) is 53.2 Å². The van der Waals surface area contributed by atoms with E-state index in [4.69, 9.17) is 0 Å². The van der Waals surface area contributed by atoms with Crippen LogP contribution in [0.5, 0.6) is 0 Å². The Labute approximate surface area is 167 Å². The third-order valence-electron chi connectivity index (χ3n) is 4.72. The molecule has 0 bridgehead atoms. The number of thioether (sulfide) groups is 2. The van der Waals surface area contributed by atoms with E-state index in [2.05, 4.69) is 43.6 Å². The zero-order valence-corrected chi connectivity index (χ0v) is 18.7. The third kappa shape index (κ3) is 7.97. The van der Waals surface area contributed by atoms with Crippen molar-refractivity contribution in [1.29, 1.82) is 0 Å². The van der Waals surface area contributed by atoms with Crippen molar-refractivity contribution >= 4 is 47.7 Å². The quantitative estimate of drug-likeness (QED) is 0.543. The fourth-order valence-electron chi connectivity index (χ4n) is 2.47. The minimum Gasteiger partial charge on any atom is -0.355 e. The molecule has 1 fully saturated rings. The lowest BCUT2D eigenvalue weighted by Gasteiger charge is -2.30. The molecule has 1 atom stereocenters. The summed E-state index contributed by atoms with van der Waals surface area (Å²) in [4.78, 5) is 25.2. The summed E-state index contributed by atoms with van der Waals surface area (Å²) in [5, 5.41) is 9.30. The Kier molecular flexibility index (Phi) is 10.2. The van der Waals surface area contributed by atoms with Gasteiger partial charge >= 0.3 is 0 Å². The average Bonchev–Trinajstić information content (AvgIpc) is 3.00. The van der Waals surface area contributed by atoms with E-state index >= 15 is 0 Å². The predicted molar refractivity (Wildman–Crippen MR) is 113 cm³/mol. The standard InChI is InChI=1S/C17H33N3O2S2.ClH/c1-15(2,23-5)10-19-13(21)9-17(7-8-18-12-17)14(22)20-11-16(3,4)24-6;/h18H,7-12H2,1-6H3,(H,19,21)(H,20,22);1H. The van der Waals surface area contributed by atoms with E-state index in [1.165, 1.54) is 0 Å². The molecule has 1 unspecified atom stereocenters. The van der Waals surface area contributed by atoms with Gasteiger partial charge in [-0.15, -0.1) is 12.4 Å². The van der Waals surface area contributed by atoms with Gasteiger partial charge in [-0.3, -0.25) is 9.59 Å². The molecular weight excluding hydrogens is 378 g/mol. The van der Waals surface area contributed by atoms with Crippen molar-refractivity contribution in [2.45, 2.75) is 50.0 Å². The van der Waals surface area contributed by atoms with Gasteiger partial charge in [0.2, 0.25) is 11.8 Å².